The van der Waals surface area contributed by atoms with Crippen molar-refractivity contribution in [1.29, 1.82) is 0 Å². The van der Waals surface area contributed by atoms with Crippen molar-refractivity contribution in [2.75, 3.05) is 5.75 Å². The van der Waals surface area contributed by atoms with Crippen molar-refractivity contribution in [3.05, 3.63) is 45.9 Å². The Bertz CT molecular complexity index is 858. The average Bonchev–Trinajstić information content (AvgIpc) is 3.02. The number of carbonyl (C=O) groups is 2. The van der Waals surface area contributed by atoms with Crippen LogP contribution in [0.25, 0.3) is 0 Å². The lowest BCUT2D eigenvalue weighted by Crippen LogP contribution is -2.25. The second-order valence-electron chi connectivity index (χ2n) is 4.93. The molecule has 9 heteroatoms. The molecule has 0 bridgehead atoms. The molecule has 2 rings (SSSR count). The van der Waals surface area contributed by atoms with E-state index in [-0.39, 0.29) is 28.5 Å². The van der Waals surface area contributed by atoms with Crippen LogP contribution in [0.3, 0.4) is 0 Å². The monoisotopic (exact) mass is 368 g/mol. The van der Waals surface area contributed by atoms with E-state index in [1.807, 2.05) is 0 Å². The SMILES string of the molecule is CCCS(=O)(=O)c1ccccc1C(=O)NCc1nc(C(=O)O)cs1. The highest BCUT2D eigenvalue weighted by molar-refractivity contribution is 7.91. The highest BCUT2D eigenvalue weighted by Crippen LogP contribution is 2.18. The molecule has 0 unspecified atom stereocenters. The minimum atomic E-state index is -3.53. The number of aromatic nitrogens is 1. The molecule has 2 N–H and O–H groups in total. The van der Waals surface area contributed by atoms with Gasteiger partial charge in [-0.05, 0) is 18.6 Å². The van der Waals surface area contributed by atoms with Gasteiger partial charge in [-0.3, -0.25) is 4.79 Å². The molecule has 0 fully saturated rings. The fraction of sp³-hybridized carbons (Fsp3) is 0.267. The molecule has 0 saturated carbocycles. The quantitative estimate of drug-likeness (QED) is 0.772. The summed E-state index contributed by atoms with van der Waals surface area (Å²) in [6.45, 7) is 1.78. The summed E-state index contributed by atoms with van der Waals surface area (Å²) in [7, 11) is -3.53. The summed E-state index contributed by atoms with van der Waals surface area (Å²) in [5.41, 5.74) is -0.0175. The Hall–Kier alpha value is -2.26. The highest BCUT2D eigenvalue weighted by atomic mass is 32.2. The maximum Gasteiger partial charge on any atom is 0.355 e. The van der Waals surface area contributed by atoms with E-state index in [1.165, 1.54) is 17.5 Å². The fourth-order valence-electron chi connectivity index (χ4n) is 2.05. The summed E-state index contributed by atoms with van der Waals surface area (Å²) in [5.74, 6) is -1.72. The van der Waals surface area contributed by atoms with Gasteiger partial charge in [0.05, 0.1) is 22.8 Å². The topological polar surface area (TPSA) is 113 Å². The van der Waals surface area contributed by atoms with Crippen molar-refractivity contribution < 1.29 is 23.1 Å². The van der Waals surface area contributed by atoms with E-state index >= 15 is 0 Å². The highest BCUT2D eigenvalue weighted by Gasteiger charge is 2.21. The van der Waals surface area contributed by atoms with Crippen molar-refractivity contribution >= 4 is 33.1 Å². The number of amides is 1. The number of carboxylic acids is 1. The standard InChI is InChI=1S/C15H16N2O5S2/c1-2-7-24(21,22)12-6-4-3-5-10(12)14(18)16-8-13-17-11(9-23-13)15(19)20/h3-6,9H,2,7-8H2,1H3,(H,16,18)(H,19,20). The molecule has 0 aliphatic heterocycles. The number of carboxylic acid groups (broad SMARTS) is 1. The summed E-state index contributed by atoms with van der Waals surface area (Å²) in [5, 5.41) is 13.2. The Kier molecular flexibility index (Phi) is 5.68. The van der Waals surface area contributed by atoms with Crippen LogP contribution in [-0.2, 0) is 16.4 Å². The predicted molar refractivity (Wildman–Crippen MR) is 89.0 cm³/mol. The summed E-state index contributed by atoms with van der Waals surface area (Å²) in [4.78, 5) is 27.0. The Morgan fingerprint density at radius 1 is 1.29 bits per heavy atom. The zero-order valence-corrected chi connectivity index (χ0v) is 14.5. The van der Waals surface area contributed by atoms with Crippen molar-refractivity contribution in [2.24, 2.45) is 0 Å². The zero-order valence-electron chi connectivity index (χ0n) is 12.9. The third kappa shape index (κ3) is 4.18. The van der Waals surface area contributed by atoms with Crippen molar-refractivity contribution in [2.45, 2.75) is 24.8 Å². The maximum atomic E-state index is 12.3. The number of rotatable bonds is 7. The van der Waals surface area contributed by atoms with Crippen LogP contribution >= 0.6 is 11.3 Å². The van der Waals surface area contributed by atoms with Gasteiger partial charge in [-0.15, -0.1) is 11.3 Å². The first-order valence-corrected chi connectivity index (χ1v) is 9.66. The molecule has 7 nitrogen and oxygen atoms in total. The first-order chi connectivity index (χ1) is 11.3. The van der Waals surface area contributed by atoms with E-state index in [1.54, 1.807) is 19.1 Å². The number of benzene rings is 1. The number of nitrogens with zero attached hydrogens (tertiary/aromatic N) is 1. The summed E-state index contributed by atoms with van der Waals surface area (Å²) in [6.07, 6.45) is 0.454. The van der Waals surface area contributed by atoms with Gasteiger partial charge >= 0.3 is 5.97 Å². The number of hydrogen-bond donors (Lipinski definition) is 2. The van der Waals surface area contributed by atoms with Crippen LogP contribution in [-0.4, -0.2) is 36.1 Å². The van der Waals surface area contributed by atoms with Crippen LogP contribution in [0.5, 0.6) is 0 Å². The second-order valence-corrected chi connectivity index (χ2v) is 7.95. The predicted octanol–water partition coefficient (Wildman–Crippen LogP) is 1.96. The largest absolute Gasteiger partial charge is 0.476 e. The van der Waals surface area contributed by atoms with Crippen molar-refractivity contribution in [3.63, 3.8) is 0 Å². The molecule has 1 aromatic heterocycles. The Morgan fingerprint density at radius 2 is 2.00 bits per heavy atom. The van der Waals surface area contributed by atoms with Gasteiger partial charge in [-0.1, -0.05) is 19.1 Å². The van der Waals surface area contributed by atoms with E-state index in [0.29, 0.717) is 11.4 Å². The number of nitrogens with one attached hydrogen (secondary N) is 1. The van der Waals surface area contributed by atoms with Crippen molar-refractivity contribution in [1.82, 2.24) is 10.3 Å². The maximum absolute atomic E-state index is 12.3. The molecule has 0 saturated heterocycles. The molecule has 0 spiro atoms. The molecular weight excluding hydrogens is 352 g/mol. The number of carbonyl (C=O) groups excluding carboxylic acids is 1. The molecule has 128 valence electrons. The second kappa shape index (κ2) is 7.54. The van der Waals surface area contributed by atoms with Gasteiger partial charge in [0.25, 0.3) is 5.91 Å². The van der Waals surface area contributed by atoms with Crippen LogP contribution in [0, 0.1) is 0 Å². The Morgan fingerprint density at radius 3 is 2.62 bits per heavy atom. The van der Waals surface area contributed by atoms with Gasteiger partial charge in [-0.2, -0.15) is 0 Å². The third-order valence-electron chi connectivity index (χ3n) is 3.11. The zero-order chi connectivity index (χ0) is 17.7. The average molecular weight is 368 g/mol. The van der Waals surface area contributed by atoms with Crippen LogP contribution in [0.1, 0.15) is 39.2 Å². The Balaban J connectivity index is 2.17. The van der Waals surface area contributed by atoms with Crippen LogP contribution in [0.2, 0.25) is 0 Å². The van der Waals surface area contributed by atoms with Crippen LogP contribution in [0.4, 0.5) is 0 Å². The van der Waals surface area contributed by atoms with Gasteiger partial charge in [0.2, 0.25) is 0 Å². The van der Waals surface area contributed by atoms with Gasteiger partial charge in [0.15, 0.2) is 15.5 Å². The van der Waals surface area contributed by atoms with E-state index in [2.05, 4.69) is 10.3 Å². The first kappa shape index (κ1) is 18.1. The van der Waals surface area contributed by atoms with Gasteiger partial charge in [0.1, 0.15) is 5.01 Å². The lowest BCUT2D eigenvalue weighted by molar-refractivity contribution is 0.0691. The van der Waals surface area contributed by atoms with Gasteiger partial charge in [-0.25, -0.2) is 18.2 Å². The van der Waals surface area contributed by atoms with Gasteiger partial charge in [0, 0.05) is 5.38 Å². The van der Waals surface area contributed by atoms with Gasteiger partial charge < -0.3 is 10.4 Å². The molecule has 24 heavy (non-hydrogen) atoms. The molecular formula is C15H16N2O5S2. The van der Waals surface area contributed by atoms with E-state index in [0.717, 1.165) is 11.3 Å². The normalized spacial score (nSPS) is 11.2. The summed E-state index contributed by atoms with van der Waals surface area (Å²) in [6, 6.07) is 6.01. The molecule has 0 atom stereocenters. The minimum absolute atomic E-state index is 0.00489. The van der Waals surface area contributed by atoms with Crippen LogP contribution in [0.15, 0.2) is 34.5 Å². The van der Waals surface area contributed by atoms with E-state index < -0.39 is 21.7 Å². The molecule has 2 aromatic rings. The molecule has 1 heterocycles. The number of thiazole rings is 1. The molecule has 0 aliphatic carbocycles. The third-order valence-corrected chi connectivity index (χ3v) is 5.93. The summed E-state index contributed by atoms with van der Waals surface area (Å²) >= 11 is 1.11. The molecule has 1 aromatic carbocycles. The number of aromatic carboxylic acids is 1. The molecule has 0 aliphatic rings. The lowest BCUT2D eigenvalue weighted by Gasteiger charge is -2.09. The molecule has 1 amide bonds. The molecule has 0 radical (unpaired) electrons. The van der Waals surface area contributed by atoms with Crippen LogP contribution < -0.4 is 5.32 Å². The van der Waals surface area contributed by atoms with E-state index in [4.69, 9.17) is 5.11 Å². The van der Waals surface area contributed by atoms with E-state index in [9.17, 15) is 18.0 Å². The first-order valence-electron chi connectivity index (χ1n) is 7.13. The smallest absolute Gasteiger partial charge is 0.355 e. The number of hydrogen-bond acceptors (Lipinski definition) is 6. The Labute approximate surface area is 143 Å². The minimum Gasteiger partial charge on any atom is -0.476 e. The fourth-order valence-corrected chi connectivity index (χ4v) is 4.29. The summed E-state index contributed by atoms with van der Waals surface area (Å²) < 4.78 is 24.5. The number of sulfone groups is 1. The van der Waals surface area contributed by atoms with Crippen molar-refractivity contribution in [3.8, 4) is 0 Å². The lowest BCUT2D eigenvalue weighted by atomic mass is 10.2.